The molecule has 0 saturated carbocycles. The number of piperazine rings is 1. The molecule has 1 fully saturated rings. The third-order valence-electron chi connectivity index (χ3n) is 6.75. The van der Waals surface area contributed by atoms with Crippen LogP contribution in [0.3, 0.4) is 0 Å². The van der Waals surface area contributed by atoms with Crippen molar-refractivity contribution in [3.8, 4) is 17.0 Å². The second-order valence-corrected chi connectivity index (χ2v) is 9.07. The van der Waals surface area contributed by atoms with Crippen molar-refractivity contribution < 1.29 is 18.7 Å². The average Bonchev–Trinajstić information content (AvgIpc) is 2.95. The van der Waals surface area contributed by atoms with Crippen LogP contribution in [0.5, 0.6) is 5.75 Å². The van der Waals surface area contributed by atoms with E-state index >= 15 is 0 Å². The first kappa shape index (κ1) is 26.1. The van der Waals surface area contributed by atoms with Crippen molar-refractivity contribution in [2.75, 3.05) is 44.7 Å². The van der Waals surface area contributed by atoms with Crippen LogP contribution in [0.15, 0.2) is 60.7 Å². The number of hydrogen-bond acceptors (Lipinski definition) is 6. The summed E-state index contributed by atoms with van der Waals surface area (Å²) in [5.41, 5.74) is 2.05. The number of ether oxygens (including phenoxy) is 1. The smallest absolute Gasteiger partial charge is 0.254 e. The molecule has 0 radical (unpaired) electrons. The van der Waals surface area contributed by atoms with Gasteiger partial charge in [-0.05, 0) is 61.9 Å². The summed E-state index contributed by atoms with van der Waals surface area (Å²) in [7, 11) is 1.63. The van der Waals surface area contributed by atoms with Gasteiger partial charge in [0.1, 0.15) is 18.1 Å². The Bertz CT molecular complexity index is 1210. The molecule has 37 heavy (non-hydrogen) atoms. The van der Waals surface area contributed by atoms with Crippen molar-refractivity contribution in [3.05, 3.63) is 72.0 Å². The lowest BCUT2D eigenvalue weighted by atomic mass is 10.1. The summed E-state index contributed by atoms with van der Waals surface area (Å²) in [5.74, 6) is 0.740. The van der Waals surface area contributed by atoms with Gasteiger partial charge < -0.3 is 19.4 Å². The van der Waals surface area contributed by atoms with Gasteiger partial charge in [0.2, 0.25) is 5.91 Å². The number of carbonyl (C=O) groups is 2. The Morgan fingerprint density at radius 2 is 1.76 bits per heavy atom. The van der Waals surface area contributed by atoms with Crippen LogP contribution in [0.4, 0.5) is 10.2 Å². The molecule has 1 saturated heterocycles. The Morgan fingerprint density at radius 3 is 2.38 bits per heavy atom. The zero-order valence-corrected chi connectivity index (χ0v) is 21.4. The molecule has 1 aliphatic heterocycles. The maximum Gasteiger partial charge on any atom is 0.254 e. The maximum absolute atomic E-state index is 13.3. The van der Waals surface area contributed by atoms with Crippen LogP contribution in [0.1, 0.15) is 30.6 Å². The van der Waals surface area contributed by atoms with E-state index in [1.807, 2.05) is 50.2 Å². The standard InChI is InChI=1S/C28H32FN5O3/c1-4-20(2)34(28(36)21-8-10-23(29)11-9-21)19-27(35)33-16-14-32(15-17-33)26-13-12-25(30-31-26)22-6-5-7-24(18-22)37-3/h5-13,18,20H,4,14-17,19H2,1-3H3. The van der Waals surface area contributed by atoms with E-state index in [1.165, 1.54) is 24.3 Å². The SMILES string of the molecule is CCC(C)N(CC(=O)N1CCN(c2ccc(-c3cccc(OC)c3)nn2)CC1)C(=O)c1ccc(F)cc1. The van der Waals surface area contributed by atoms with Gasteiger partial charge in [-0.2, -0.15) is 0 Å². The molecule has 194 valence electrons. The summed E-state index contributed by atoms with van der Waals surface area (Å²) in [6.07, 6.45) is 0.707. The van der Waals surface area contributed by atoms with Crippen molar-refractivity contribution in [2.24, 2.45) is 0 Å². The topological polar surface area (TPSA) is 78.9 Å². The fourth-order valence-electron chi connectivity index (χ4n) is 4.27. The first-order valence-electron chi connectivity index (χ1n) is 12.5. The van der Waals surface area contributed by atoms with Crippen LogP contribution >= 0.6 is 0 Å². The number of aromatic nitrogens is 2. The maximum atomic E-state index is 13.3. The molecule has 2 amide bonds. The number of amides is 2. The Labute approximate surface area is 216 Å². The molecule has 0 bridgehead atoms. The summed E-state index contributed by atoms with van der Waals surface area (Å²) in [5, 5.41) is 8.78. The van der Waals surface area contributed by atoms with Crippen LogP contribution in [0.25, 0.3) is 11.3 Å². The normalized spacial score (nSPS) is 14.3. The summed E-state index contributed by atoms with van der Waals surface area (Å²) in [6.45, 7) is 6.16. The Hall–Kier alpha value is -4.01. The molecule has 1 atom stereocenters. The Balaban J connectivity index is 1.36. The Kier molecular flexibility index (Phi) is 8.32. The molecule has 2 heterocycles. The summed E-state index contributed by atoms with van der Waals surface area (Å²) in [6, 6.07) is 16.8. The summed E-state index contributed by atoms with van der Waals surface area (Å²) in [4.78, 5) is 31.7. The molecule has 0 aliphatic carbocycles. The lowest BCUT2D eigenvalue weighted by Gasteiger charge is -2.37. The summed E-state index contributed by atoms with van der Waals surface area (Å²) >= 11 is 0. The first-order chi connectivity index (χ1) is 17.9. The van der Waals surface area contributed by atoms with E-state index < -0.39 is 5.82 Å². The van der Waals surface area contributed by atoms with Crippen molar-refractivity contribution in [1.29, 1.82) is 0 Å². The molecule has 4 rings (SSSR count). The zero-order chi connectivity index (χ0) is 26.4. The van der Waals surface area contributed by atoms with Gasteiger partial charge in [0.25, 0.3) is 5.91 Å². The third-order valence-corrected chi connectivity index (χ3v) is 6.75. The number of carbonyl (C=O) groups excluding carboxylic acids is 2. The molecular weight excluding hydrogens is 473 g/mol. The van der Waals surface area contributed by atoms with Crippen LogP contribution in [0.2, 0.25) is 0 Å². The number of anilines is 1. The highest BCUT2D eigenvalue weighted by Crippen LogP contribution is 2.23. The van der Waals surface area contributed by atoms with E-state index in [0.29, 0.717) is 38.2 Å². The fraction of sp³-hybridized carbons (Fsp3) is 0.357. The van der Waals surface area contributed by atoms with Crippen molar-refractivity contribution in [1.82, 2.24) is 20.0 Å². The van der Waals surface area contributed by atoms with Gasteiger partial charge in [-0.3, -0.25) is 9.59 Å². The van der Waals surface area contributed by atoms with Gasteiger partial charge in [-0.15, -0.1) is 10.2 Å². The van der Waals surface area contributed by atoms with E-state index in [0.717, 1.165) is 22.8 Å². The quantitative estimate of drug-likeness (QED) is 0.462. The monoisotopic (exact) mass is 505 g/mol. The first-order valence-corrected chi connectivity index (χ1v) is 12.5. The van der Waals surface area contributed by atoms with Crippen LogP contribution in [-0.4, -0.2) is 77.7 Å². The lowest BCUT2D eigenvalue weighted by molar-refractivity contribution is -0.132. The molecule has 2 aromatic carbocycles. The molecule has 3 aromatic rings. The fourth-order valence-corrected chi connectivity index (χ4v) is 4.27. The highest BCUT2D eigenvalue weighted by atomic mass is 19.1. The number of methoxy groups -OCH3 is 1. The minimum atomic E-state index is -0.403. The molecular formula is C28H32FN5O3. The van der Waals surface area contributed by atoms with Gasteiger partial charge >= 0.3 is 0 Å². The average molecular weight is 506 g/mol. The van der Waals surface area contributed by atoms with Gasteiger partial charge in [-0.25, -0.2) is 4.39 Å². The van der Waals surface area contributed by atoms with E-state index in [-0.39, 0.29) is 24.4 Å². The predicted octanol–water partition coefficient (Wildman–Crippen LogP) is 3.88. The highest BCUT2D eigenvalue weighted by Gasteiger charge is 2.28. The van der Waals surface area contributed by atoms with Gasteiger partial charge in [0.15, 0.2) is 5.82 Å². The molecule has 1 aliphatic rings. The minimum Gasteiger partial charge on any atom is -0.497 e. The molecule has 9 heteroatoms. The molecule has 8 nitrogen and oxygen atoms in total. The molecule has 1 aromatic heterocycles. The van der Waals surface area contributed by atoms with E-state index in [1.54, 1.807) is 16.9 Å². The van der Waals surface area contributed by atoms with Crippen molar-refractivity contribution >= 4 is 17.6 Å². The third kappa shape index (κ3) is 6.22. The Morgan fingerprint density at radius 1 is 1.03 bits per heavy atom. The van der Waals surface area contributed by atoms with Gasteiger partial charge in [0, 0.05) is 43.3 Å². The minimum absolute atomic E-state index is 0.0136. The molecule has 1 unspecified atom stereocenters. The number of rotatable bonds is 8. The van der Waals surface area contributed by atoms with Crippen LogP contribution in [-0.2, 0) is 4.79 Å². The second kappa shape index (κ2) is 11.8. The van der Waals surface area contributed by atoms with E-state index in [9.17, 15) is 14.0 Å². The van der Waals surface area contributed by atoms with Crippen molar-refractivity contribution in [2.45, 2.75) is 26.3 Å². The number of benzene rings is 2. The van der Waals surface area contributed by atoms with E-state index in [4.69, 9.17) is 4.74 Å². The largest absolute Gasteiger partial charge is 0.497 e. The number of halogens is 1. The highest BCUT2D eigenvalue weighted by molar-refractivity contribution is 5.96. The predicted molar refractivity (Wildman–Crippen MR) is 140 cm³/mol. The van der Waals surface area contributed by atoms with Crippen molar-refractivity contribution in [3.63, 3.8) is 0 Å². The van der Waals surface area contributed by atoms with Gasteiger partial charge in [0.05, 0.1) is 12.8 Å². The van der Waals surface area contributed by atoms with Crippen LogP contribution < -0.4 is 9.64 Å². The van der Waals surface area contributed by atoms with Gasteiger partial charge in [-0.1, -0.05) is 19.1 Å². The lowest BCUT2D eigenvalue weighted by Crippen LogP contribution is -2.53. The number of nitrogens with zero attached hydrogens (tertiary/aromatic N) is 5. The molecule has 0 N–H and O–H groups in total. The molecule has 0 spiro atoms. The van der Waals surface area contributed by atoms with Crippen LogP contribution in [0, 0.1) is 5.82 Å². The summed E-state index contributed by atoms with van der Waals surface area (Å²) < 4.78 is 18.6. The number of hydrogen-bond donors (Lipinski definition) is 0. The zero-order valence-electron chi connectivity index (χ0n) is 21.4. The second-order valence-electron chi connectivity index (χ2n) is 9.07. The van der Waals surface area contributed by atoms with E-state index in [2.05, 4.69) is 15.1 Å².